The second kappa shape index (κ2) is 9.88. The van der Waals surface area contributed by atoms with Crippen LogP contribution in [-0.4, -0.2) is 24.4 Å². The second-order valence-corrected chi connectivity index (χ2v) is 7.00. The van der Waals surface area contributed by atoms with Crippen LogP contribution in [0.1, 0.15) is 54.9 Å². The van der Waals surface area contributed by atoms with Gasteiger partial charge in [0.2, 0.25) is 0 Å². The summed E-state index contributed by atoms with van der Waals surface area (Å²) in [5.41, 5.74) is 11.6. The molecule has 1 heterocycles. The molecule has 0 saturated carbocycles. The number of benzene rings is 2. The van der Waals surface area contributed by atoms with Gasteiger partial charge in [-0.25, -0.2) is 0 Å². The third-order valence-corrected chi connectivity index (χ3v) is 5.12. The maximum atomic E-state index is 11.5. The molecule has 4 N–H and O–H groups in total. The molecule has 4 nitrogen and oxygen atoms in total. The zero-order valence-corrected chi connectivity index (χ0v) is 17.1. The number of rotatable bonds is 5. The Hall–Kier alpha value is -1.88. The molecule has 0 fully saturated rings. The largest absolute Gasteiger partial charge is 0.380 e. The number of aryl methyl sites for hydroxylation is 1. The zero-order valence-electron chi connectivity index (χ0n) is 16.4. The summed E-state index contributed by atoms with van der Waals surface area (Å²) in [6, 6.07) is 13.6. The fraction of sp³-hybridized carbons (Fsp3) is 0.409. The minimum atomic E-state index is -1.12. The number of halogens is 1. The number of nitrogens with one attached hydrogen (secondary N) is 1. The summed E-state index contributed by atoms with van der Waals surface area (Å²) in [5.74, 6) is 0.312. The molecule has 2 unspecified atom stereocenters. The van der Waals surface area contributed by atoms with Gasteiger partial charge >= 0.3 is 0 Å². The summed E-state index contributed by atoms with van der Waals surface area (Å²) >= 11 is 6.00. The summed E-state index contributed by atoms with van der Waals surface area (Å²) in [4.78, 5) is 0. The maximum absolute atomic E-state index is 11.5. The highest BCUT2D eigenvalue weighted by atomic mass is 35.5. The third-order valence-electron chi connectivity index (χ3n) is 4.87. The Morgan fingerprint density at radius 2 is 1.93 bits per heavy atom. The molecule has 0 saturated heterocycles. The first-order valence-corrected chi connectivity index (χ1v) is 9.98. The van der Waals surface area contributed by atoms with Crippen molar-refractivity contribution in [3.05, 3.63) is 69.7 Å². The molecule has 146 valence electrons. The molecule has 3 rings (SSSR count). The summed E-state index contributed by atoms with van der Waals surface area (Å²) in [6.45, 7) is 7.31. The molecule has 0 aliphatic carbocycles. The van der Waals surface area contributed by atoms with Crippen molar-refractivity contribution in [2.45, 2.75) is 45.1 Å². The van der Waals surface area contributed by atoms with Gasteiger partial charge in [0.15, 0.2) is 0 Å². The van der Waals surface area contributed by atoms with Crippen LogP contribution in [0, 0.1) is 6.92 Å². The summed E-state index contributed by atoms with van der Waals surface area (Å²) in [7, 11) is 0. The maximum Gasteiger partial charge on any atom is 0.116 e. The molecule has 0 spiro atoms. The molecule has 5 heteroatoms. The zero-order chi connectivity index (χ0) is 19.9. The Bertz CT molecular complexity index is 761. The second-order valence-electron chi connectivity index (χ2n) is 6.56. The van der Waals surface area contributed by atoms with Gasteiger partial charge in [0.25, 0.3) is 0 Å². The number of hydrogen-bond donors (Lipinski definition) is 3. The number of nitrogens with zero attached hydrogens (tertiary/aromatic N) is 1. The van der Waals surface area contributed by atoms with Crippen molar-refractivity contribution in [3.8, 4) is 0 Å². The van der Waals surface area contributed by atoms with Crippen LogP contribution in [0.5, 0.6) is 0 Å². The van der Waals surface area contributed by atoms with Crippen LogP contribution in [0.15, 0.2) is 47.6 Å². The first-order valence-electron chi connectivity index (χ1n) is 9.60. The molecule has 2 aromatic carbocycles. The summed E-state index contributed by atoms with van der Waals surface area (Å²) < 4.78 is 0. The van der Waals surface area contributed by atoms with Crippen LogP contribution in [0.25, 0.3) is 0 Å². The Balaban J connectivity index is 0.00000126. The van der Waals surface area contributed by atoms with Gasteiger partial charge < -0.3 is 16.3 Å². The van der Waals surface area contributed by atoms with Crippen LogP contribution < -0.4 is 11.2 Å². The van der Waals surface area contributed by atoms with E-state index in [1.54, 1.807) is 12.1 Å². The molecule has 1 aliphatic heterocycles. The number of aliphatic hydroxyl groups is 1. The van der Waals surface area contributed by atoms with Gasteiger partial charge in [0.1, 0.15) is 5.60 Å². The quantitative estimate of drug-likeness (QED) is 0.715. The molecule has 0 aromatic heterocycles. The highest BCUT2D eigenvalue weighted by Gasteiger charge is 2.32. The molecule has 2 aromatic rings. The smallest absolute Gasteiger partial charge is 0.116 e. The van der Waals surface area contributed by atoms with Crippen LogP contribution in [0.3, 0.4) is 0 Å². The minimum Gasteiger partial charge on any atom is -0.380 e. The van der Waals surface area contributed by atoms with Gasteiger partial charge in [-0.3, -0.25) is 0 Å². The van der Waals surface area contributed by atoms with Gasteiger partial charge in [-0.1, -0.05) is 55.8 Å². The topological polar surface area (TPSA) is 70.6 Å². The summed E-state index contributed by atoms with van der Waals surface area (Å²) in [5, 5.41) is 16.3. The highest BCUT2D eigenvalue weighted by molar-refractivity contribution is 6.30. The van der Waals surface area contributed by atoms with Crippen LogP contribution >= 0.6 is 11.6 Å². The van der Waals surface area contributed by atoms with Gasteiger partial charge in [0.05, 0.1) is 0 Å². The van der Waals surface area contributed by atoms with E-state index in [4.69, 9.17) is 17.3 Å². The van der Waals surface area contributed by atoms with Crippen molar-refractivity contribution in [2.75, 3.05) is 13.1 Å². The molecule has 1 aliphatic rings. The van der Waals surface area contributed by atoms with Crippen LogP contribution in [0.2, 0.25) is 5.02 Å². The van der Waals surface area contributed by atoms with Gasteiger partial charge in [-0.15, -0.1) is 0 Å². The Morgan fingerprint density at radius 3 is 2.48 bits per heavy atom. The van der Waals surface area contributed by atoms with Gasteiger partial charge in [-0.2, -0.15) is 5.10 Å². The van der Waals surface area contributed by atoms with E-state index in [1.165, 1.54) is 5.56 Å². The normalized spacial score (nSPS) is 18.1. The Labute approximate surface area is 167 Å². The average molecular weight is 388 g/mol. The van der Waals surface area contributed by atoms with Crippen molar-refractivity contribution >= 4 is 17.8 Å². The van der Waals surface area contributed by atoms with Crippen molar-refractivity contribution in [1.82, 2.24) is 5.43 Å². The first-order chi connectivity index (χ1) is 13.0. The third kappa shape index (κ3) is 4.89. The van der Waals surface area contributed by atoms with E-state index in [0.717, 1.165) is 29.7 Å². The fourth-order valence-electron chi connectivity index (χ4n) is 3.51. The Kier molecular flexibility index (Phi) is 7.84. The highest BCUT2D eigenvalue weighted by Crippen LogP contribution is 2.36. The lowest BCUT2D eigenvalue weighted by molar-refractivity contribution is 0.0730. The van der Waals surface area contributed by atoms with Crippen molar-refractivity contribution in [1.29, 1.82) is 0 Å². The predicted molar refractivity (Wildman–Crippen MR) is 115 cm³/mol. The van der Waals surface area contributed by atoms with Crippen molar-refractivity contribution in [2.24, 2.45) is 10.8 Å². The molecule has 27 heavy (non-hydrogen) atoms. The van der Waals surface area contributed by atoms with E-state index in [9.17, 15) is 5.11 Å². The van der Waals surface area contributed by atoms with E-state index >= 15 is 0 Å². The number of hydrazone groups is 1. The average Bonchev–Trinajstić information content (AvgIpc) is 2.70. The molecular weight excluding hydrogens is 358 g/mol. The first kappa shape index (κ1) is 21.4. The van der Waals surface area contributed by atoms with E-state index in [0.29, 0.717) is 23.9 Å². The molecular formula is C22H30ClN3O. The van der Waals surface area contributed by atoms with Crippen molar-refractivity contribution < 1.29 is 5.11 Å². The number of hydrogen-bond acceptors (Lipinski definition) is 4. The molecule has 0 bridgehead atoms. The minimum absolute atomic E-state index is 0.312. The standard InChI is InChI=1S/C20H24ClN3O.C2H6/c1-14-12-15(16-8-11-23-24-13-16)2-7-19(14)20(25,9-10-22)17-3-5-18(21)6-4-17;1-2/h2-7,12-13,16,23,25H,8-11,22H2,1H3;1-2H3. The van der Waals surface area contributed by atoms with Gasteiger partial charge in [-0.05, 0) is 60.7 Å². The van der Waals surface area contributed by atoms with Crippen LogP contribution in [0.4, 0.5) is 0 Å². The number of nitrogens with two attached hydrogens (primary N) is 1. The lowest BCUT2D eigenvalue weighted by Gasteiger charge is -2.31. The van der Waals surface area contributed by atoms with E-state index in [-0.39, 0.29) is 0 Å². The SMILES string of the molecule is CC.Cc1cc(C2C=NNCC2)ccc1C(O)(CCN)c1ccc(Cl)cc1. The molecule has 0 amide bonds. The Morgan fingerprint density at radius 1 is 1.22 bits per heavy atom. The predicted octanol–water partition coefficient (Wildman–Crippen LogP) is 4.32. The van der Waals surface area contributed by atoms with E-state index < -0.39 is 5.60 Å². The lowest BCUT2D eigenvalue weighted by atomic mass is 9.80. The van der Waals surface area contributed by atoms with E-state index in [2.05, 4.69) is 22.7 Å². The van der Waals surface area contributed by atoms with E-state index in [1.807, 2.05) is 45.2 Å². The van der Waals surface area contributed by atoms with Gasteiger partial charge in [0, 0.05) is 23.7 Å². The van der Waals surface area contributed by atoms with Crippen LogP contribution in [-0.2, 0) is 5.60 Å². The van der Waals surface area contributed by atoms with Crippen molar-refractivity contribution in [3.63, 3.8) is 0 Å². The molecule has 2 atom stereocenters. The lowest BCUT2D eigenvalue weighted by Crippen LogP contribution is -2.31. The summed E-state index contributed by atoms with van der Waals surface area (Å²) in [6.07, 6.45) is 3.42. The molecule has 0 radical (unpaired) electrons. The monoisotopic (exact) mass is 387 g/mol. The fourth-order valence-corrected chi connectivity index (χ4v) is 3.63.